The first-order valence-corrected chi connectivity index (χ1v) is 16.6. The lowest BCUT2D eigenvalue weighted by Gasteiger charge is -2.34. The minimum Gasteiger partial charge on any atom is -0.360 e. The minimum atomic E-state index is -1.29. The molecule has 4 heterocycles. The van der Waals surface area contributed by atoms with Gasteiger partial charge in [0.05, 0.1) is 5.69 Å². The van der Waals surface area contributed by atoms with Crippen LogP contribution in [0.4, 0.5) is 5.69 Å². The van der Waals surface area contributed by atoms with Crippen molar-refractivity contribution in [1.82, 2.24) is 19.8 Å². The number of thiocarbonyl (C=S) groups is 1. The normalized spacial score (nSPS) is 14.8. The molecule has 1 saturated heterocycles. The summed E-state index contributed by atoms with van der Waals surface area (Å²) in [7, 11) is 2.74. The number of fused-ring (bicyclic) bond motifs is 3. The van der Waals surface area contributed by atoms with Crippen molar-refractivity contribution in [3.63, 3.8) is 0 Å². The van der Waals surface area contributed by atoms with Gasteiger partial charge in [0, 0.05) is 72.4 Å². The molecule has 0 spiro atoms. The third kappa shape index (κ3) is 5.27. The molecule has 0 amide bonds. The van der Waals surface area contributed by atoms with Crippen LogP contribution in [-0.4, -0.2) is 69.2 Å². The zero-order chi connectivity index (χ0) is 29.5. The molecule has 0 bridgehead atoms. The number of aromatic nitrogens is 2. The summed E-state index contributed by atoms with van der Waals surface area (Å²) in [5.41, 5.74) is 8.13. The van der Waals surface area contributed by atoms with Gasteiger partial charge in [0.1, 0.15) is 14.8 Å². The van der Waals surface area contributed by atoms with Crippen LogP contribution in [0.15, 0.2) is 101 Å². The van der Waals surface area contributed by atoms with Crippen molar-refractivity contribution in [3.8, 4) is 22.3 Å². The van der Waals surface area contributed by atoms with Crippen molar-refractivity contribution < 1.29 is 4.21 Å². The molecule has 1 unspecified atom stereocenters. The highest BCUT2D eigenvalue weighted by Crippen LogP contribution is 2.41. The number of pyridine rings is 1. The van der Waals surface area contributed by atoms with Crippen molar-refractivity contribution in [2.45, 2.75) is 4.21 Å². The number of aromatic amines is 1. The van der Waals surface area contributed by atoms with Crippen molar-refractivity contribution in [1.29, 1.82) is 0 Å². The summed E-state index contributed by atoms with van der Waals surface area (Å²) in [5, 5.41) is 4.05. The highest BCUT2D eigenvalue weighted by atomic mass is 32.2. The van der Waals surface area contributed by atoms with Gasteiger partial charge in [-0.25, -0.2) is 9.19 Å². The molecular formula is C34H31N5OS3. The quantitative estimate of drug-likeness (QED) is 0.200. The third-order valence-electron chi connectivity index (χ3n) is 8.18. The molecule has 6 nitrogen and oxygen atoms in total. The molecule has 3 aromatic heterocycles. The lowest BCUT2D eigenvalue weighted by Crippen LogP contribution is -2.46. The van der Waals surface area contributed by atoms with E-state index in [4.69, 9.17) is 17.2 Å². The first-order chi connectivity index (χ1) is 21.0. The van der Waals surface area contributed by atoms with Crippen LogP contribution in [0.5, 0.6) is 0 Å². The molecule has 9 heteroatoms. The van der Waals surface area contributed by atoms with Gasteiger partial charge in [-0.3, -0.25) is 4.31 Å². The molecule has 0 saturated carbocycles. The Balaban J connectivity index is 1.33. The molecule has 0 aliphatic carbocycles. The number of nitrogens with one attached hydrogen (secondary N) is 1. The monoisotopic (exact) mass is 621 g/mol. The predicted molar refractivity (Wildman–Crippen MR) is 184 cm³/mol. The maximum atomic E-state index is 13.3. The largest absolute Gasteiger partial charge is 0.360 e. The number of nitrogens with zero attached hydrogens (tertiary/aromatic N) is 4. The number of hydrogen-bond acceptors (Lipinski definition) is 5. The van der Waals surface area contributed by atoms with Crippen molar-refractivity contribution in [3.05, 3.63) is 102 Å². The molecule has 7 rings (SSSR count). The van der Waals surface area contributed by atoms with Crippen LogP contribution >= 0.6 is 23.6 Å². The van der Waals surface area contributed by atoms with Gasteiger partial charge in [-0.2, -0.15) is 0 Å². The lowest BCUT2D eigenvalue weighted by molar-refractivity contribution is 0.218. The molecule has 43 heavy (non-hydrogen) atoms. The Hall–Kier alpha value is -3.89. The van der Waals surface area contributed by atoms with E-state index in [1.807, 2.05) is 47.2 Å². The minimum absolute atomic E-state index is 0.824. The second kappa shape index (κ2) is 11.7. The van der Waals surface area contributed by atoms with E-state index in [2.05, 4.69) is 82.5 Å². The average Bonchev–Trinajstić information content (AvgIpc) is 3.72. The maximum absolute atomic E-state index is 13.3. The Bertz CT molecular complexity index is 1940. The van der Waals surface area contributed by atoms with Crippen LogP contribution in [0, 0.1) is 0 Å². The van der Waals surface area contributed by atoms with Gasteiger partial charge in [0.2, 0.25) is 0 Å². The van der Waals surface area contributed by atoms with Crippen LogP contribution in [0.2, 0.25) is 0 Å². The van der Waals surface area contributed by atoms with Crippen molar-refractivity contribution >= 4 is 67.2 Å². The Kier molecular flexibility index (Phi) is 7.56. The smallest absolute Gasteiger partial charge is 0.162 e. The SMILES string of the molecule is CN1CCN(C(=S)c2ccc(-c3cnc4[nH]c5ccc(N(C)S(=O)c6cccs6)cc5c4c3-c3ccccc3)cc2)CC1. The summed E-state index contributed by atoms with van der Waals surface area (Å²) in [6.45, 7) is 3.95. The van der Waals surface area contributed by atoms with Gasteiger partial charge < -0.3 is 14.8 Å². The summed E-state index contributed by atoms with van der Waals surface area (Å²) in [6, 6.07) is 29.1. The fraction of sp³-hybridized carbons (Fsp3) is 0.176. The summed E-state index contributed by atoms with van der Waals surface area (Å²) in [5.74, 6) is 0. The van der Waals surface area contributed by atoms with E-state index in [0.717, 1.165) is 90.8 Å². The number of thiophene rings is 1. The second-order valence-electron chi connectivity index (χ2n) is 10.8. The topological polar surface area (TPSA) is 55.5 Å². The number of anilines is 1. The fourth-order valence-electron chi connectivity index (χ4n) is 5.74. The van der Waals surface area contributed by atoms with E-state index < -0.39 is 11.0 Å². The number of likely N-dealkylation sites (N-methyl/N-ethyl adjacent to an activating group) is 1. The molecule has 6 aromatic rings. The zero-order valence-corrected chi connectivity index (χ0v) is 26.4. The molecule has 1 aliphatic rings. The highest BCUT2D eigenvalue weighted by molar-refractivity contribution is 7.88. The van der Waals surface area contributed by atoms with Gasteiger partial charge in [-0.15, -0.1) is 11.3 Å². The summed E-state index contributed by atoms with van der Waals surface area (Å²) < 4.78 is 15.9. The Morgan fingerprint density at radius 3 is 2.44 bits per heavy atom. The summed E-state index contributed by atoms with van der Waals surface area (Å²) >= 11 is 7.39. The van der Waals surface area contributed by atoms with Crippen LogP contribution < -0.4 is 4.31 Å². The lowest BCUT2D eigenvalue weighted by atomic mass is 9.92. The number of piperazine rings is 1. The number of H-pyrrole nitrogens is 1. The Morgan fingerprint density at radius 1 is 0.953 bits per heavy atom. The van der Waals surface area contributed by atoms with Gasteiger partial charge in [-0.05, 0) is 47.8 Å². The van der Waals surface area contributed by atoms with Crippen LogP contribution in [0.3, 0.4) is 0 Å². The van der Waals surface area contributed by atoms with Crippen molar-refractivity contribution in [2.24, 2.45) is 0 Å². The summed E-state index contributed by atoms with van der Waals surface area (Å²) in [6.07, 6.45) is 1.97. The highest BCUT2D eigenvalue weighted by Gasteiger charge is 2.21. The fourth-order valence-corrected chi connectivity index (χ4v) is 8.11. The Morgan fingerprint density at radius 2 is 1.72 bits per heavy atom. The molecule has 3 aromatic carbocycles. The van der Waals surface area contributed by atoms with E-state index in [1.165, 1.54) is 11.3 Å². The molecular weight excluding hydrogens is 591 g/mol. The van der Waals surface area contributed by atoms with Gasteiger partial charge in [-0.1, -0.05) is 72.9 Å². The molecule has 216 valence electrons. The molecule has 0 radical (unpaired) electrons. The van der Waals surface area contributed by atoms with Gasteiger partial charge in [0.15, 0.2) is 11.0 Å². The van der Waals surface area contributed by atoms with Crippen LogP contribution in [0.1, 0.15) is 5.56 Å². The number of hydrogen-bond donors (Lipinski definition) is 1. The maximum Gasteiger partial charge on any atom is 0.162 e. The standard InChI is InChI=1S/C34H31N5OS3/c1-37-16-18-39(19-17-37)34(41)25-12-10-23(11-13-25)28-22-35-33-32(31(28)24-7-4-3-5-8-24)27-21-26(14-15-29(27)36-33)38(2)43(40)30-9-6-20-42-30/h3-15,20-22H,16-19H2,1-2H3,(H,35,36). The average molecular weight is 622 g/mol. The van der Waals surface area contributed by atoms with Crippen LogP contribution in [0.25, 0.3) is 44.2 Å². The first-order valence-electron chi connectivity index (χ1n) is 14.2. The zero-order valence-electron chi connectivity index (χ0n) is 24.0. The summed E-state index contributed by atoms with van der Waals surface area (Å²) in [4.78, 5) is 14.0. The van der Waals surface area contributed by atoms with E-state index >= 15 is 0 Å². The van der Waals surface area contributed by atoms with E-state index in [1.54, 1.807) is 0 Å². The number of rotatable bonds is 6. The molecule has 1 atom stereocenters. The van der Waals surface area contributed by atoms with E-state index in [-0.39, 0.29) is 0 Å². The molecule has 1 fully saturated rings. The van der Waals surface area contributed by atoms with Gasteiger partial charge in [0.25, 0.3) is 0 Å². The van der Waals surface area contributed by atoms with E-state index in [0.29, 0.717) is 0 Å². The second-order valence-corrected chi connectivity index (χ2v) is 13.9. The molecule has 1 aliphatic heterocycles. The molecule has 1 N–H and O–H groups in total. The van der Waals surface area contributed by atoms with E-state index in [9.17, 15) is 4.21 Å². The number of benzene rings is 3. The first kappa shape index (κ1) is 27.9. The predicted octanol–water partition coefficient (Wildman–Crippen LogP) is 7.19. The van der Waals surface area contributed by atoms with Crippen molar-refractivity contribution in [2.75, 3.05) is 44.6 Å². The third-order valence-corrected chi connectivity index (χ3v) is 11.2. The Labute approximate surface area is 263 Å². The van der Waals surface area contributed by atoms with Crippen LogP contribution in [-0.2, 0) is 11.0 Å². The van der Waals surface area contributed by atoms with Gasteiger partial charge >= 0.3 is 0 Å².